The van der Waals surface area contributed by atoms with Gasteiger partial charge in [-0.05, 0) is 38.7 Å². The molecule has 2 fully saturated rings. The molecule has 4 nitrogen and oxygen atoms in total. The Morgan fingerprint density at radius 2 is 1.67 bits per heavy atom. The van der Waals surface area contributed by atoms with E-state index < -0.39 is 0 Å². The Balaban J connectivity index is 0.00000161. The molecule has 1 amide bonds. The summed E-state index contributed by atoms with van der Waals surface area (Å²) >= 11 is 0. The van der Waals surface area contributed by atoms with Crippen LogP contribution in [0, 0.1) is 0 Å². The molecule has 0 aromatic heterocycles. The normalized spacial score (nSPS) is 26.8. The minimum atomic E-state index is -0.123. The van der Waals surface area contributed by atoms with Crippen LogP contribution in [0.2, 0.25) is 0 Å². The monoisotopic (exact) mass is 308 g/mol. The second-order valence-electron chi connectivity index (χ2n) is 5.88. The van der Waals surface area contributed by atoms with E-state index in [0.717, 1.165) is 12.8 Å². The van der Waals surface area contributed by atoms with Gasteiger partial charge in [-0.2, -0.15) is 0 Å². The summed E-state index contributed by atoms with van der Waals surface area (Å²) in [5.41, 5.74) is 0.993. The van der Waals surface area contributed by atoms with Crippen molar-refractivity contribution in [3.63, 3.8) is 0 Å². The minimum absolute atomic E-state index is 0. The highest BCUT2D eigenvalue weighted by Gasteiger charge is 2.34. The molecule has 0 spiro atoms. The van der Waals surface area contributed by atoms with Crippen molar-refractivity contribution in [3.05, 3.63) is 35.4 Å². The van der Waals surface area contributed by atoms with E-state index in [1.54, 1.807) is 24.3 Å². The smallest absolute Gasteiger partial charge is 0.252 e. The van der Waals surface area contributed by atoms with Crippen molar-refractivity contribution in [1.29, 1.82) is 0 Å². The van der Waals surface area contributed by atoms with Crippen molar-refractivity contribution in [2.24, 2.45) is 0 Å². The van der Waals surface area contributed by atoms with Crippen LogP contribution in [-0.2, 0) is 0 Å². The van der Waals surface area contributed by atoms with E-state index in [1.165, 1.54) is 19.8 Å². The van der Waals surface area contributed by atoms with Gasteiger partial charge in [0.1, 0.15) is 0 Å². The maximum atomic E-state index is 12.4. The zero-order chi connectivity index (χ0) is 14.1. The maximum absolute atomic E-state index is 12.4. The zero-order valence-electron chi connectivity index (χ0n) is 12.1. The quantitative estimate of drug-likeness (QED) is 0.843. The van der Waals surface area contributed by atoms with Crippen LogP contribution in [0.15, 0.2) is 24.3 Å². The molecule has 5 heteroatoms. The highest BCUT2D eigenvalue weighted by Crippen LogP contribution is 2.27. The van der Waals surface area contributed by atoms with E-state index in [2.05, 4.69) is 10.6 Å². The Labute approximate surface area is 131 Å². The summed E-state index contributed by atoms with van der Waals surface area (Å²) in [7, 11) is 0. The average molecular weight is 309 g/mol. The van der Waals surface area contributed by atoms with Crippen LogP contribution in [0.3, 0.4) is 0 Å². The third kappa shape index (κ3) is 3.44. The van der Waals surface area contributed by atoms with Crippen molar-refractivity contribution >= 4 is 24.1 Å². The fourth-order valence-corrected chi connectivity index (χ4v) is 3.43. The van der Waals surface area contributed by atoms with Gasteiger partial charge < -0.3 is 10.6 Å². The molecule has 114 valence electrons. The molecule has 2 unspecified atom stereocenters. The molecule has 0 radical (unpaired) electrons. The van der Waals surface area contributed by atoms with Crippen molar-refractivity contribution in [1.82, 2.24) is 10.6 Å². The molecule has 21 heavy (non-hydrogen) atoms. The highest BCUT2D eigenvalue weighted by atomic mass is 35.5. The molecule has 2 saturated heterocycles. The summed E-state index contributed by atoms with van der Waals surface area (Å²) in [4.78, 5) is 24.0. The summed E-state index contributed by atoms with van der Waals surface area (Å²) < 4.78 is 0. The molecule has 2 N–H and O–H groups in total. The van der Waals surface area contributed by atoms with Gasteiger partial charge in [0.2, 0.25) is 0 Å². The van der Waals surface area contributed by atoms with E-state index in [9.17, 15) is 9.59 Å². The van der Waals surface area contributed by atoms with Crippen LogP contribution in [0.4, 0.5) is 0 Å². The van der Waals surface area contributed by atoms with Crippen molar-refractivity contribution in [2.45, 2.75) is 50.7 Å². The Hall–Kier alpha value is -1.39. The fraction of sp³-hybridized carbons (Fsp3) is 0.500. The second-order valence-corrected chi connectivity index (χ2v) is 5.88. The van der Waals surface area contributed by atoms with Crippen molar-refractivity contribution < 1.29 is 9.59 Å². The van der Waals surface area contributed by atoms with Gasteiger partial charge in [-0.15, -0.1) is 12.4 Å². The molecule has 0 saturated carbocycles. The number of ketones is 1. The minimum Gasteiger partial charge on any atom is -0.349 e. The second kappa shape index (κ2) is 6.58. The van der Waals surface area contributed by atoms with Crippen molar-refractivity contribution in [2.75, 3.05) is 0 Å². The molecular formula is C16H21ClN2O2. The van der Waals surface area contributed by atoms with E-state index >= 15 is 0 Å². The summed E-state index contributed by atoms with van der Waals surface area (Å²) in [6.45, 7) is 1.50. The Bertz CT molecular complexity index is 535. The predicted octanol–water partition coefficient (Wildman–Crippen LogP) is 2.32. The Morgan fingerprint density at radius 1 is 1.10 bits per heavy atom. The molecule has 2 aliphatic rings. The number of hydrogen-bond acceptors (Lipinski definition) is 3. The number of halogens is 1. The number of amides is 1. The topological polar surface area (TPSA) is 58.2 Å². The molecule has 1 aromatic rings. The third-order valence-corrected chi connectivity index (χ3v) is 4.36. The number of Topliss-reactive ketones (excluding diaryl/α,β-unsaturated/α-hetero) is 1. The largest absolute Gasteiger partial charge is 0.349 e. The number of benzene rings is 1. The third-order valence-electron chi connectivity index (χ3n) is 4.36. The number of carbonyl (C=O) groups excluding carboxylic acids is 2. The molecule has 2 aliphatic heterocycles. The molecule has 2 heterocycles. The molecule has 0 aliphatic carbocycles. The lowest BCUT2D eigenvalue weighted by Gasteiger charge is -2.29. The lowest BCUT2D eigenvalue weighted by molar-refractivity contribution is 0.0912. The number of hydrogen-bond donors (Lipinski definition) is 2. The first-order valence-electron chi connectivity index (χ1n) is 7.30. The van der Waals surface area contributed by atoms with Gasteiger partial charge in [0.05, 0.1) is 5.56 Å². The maximum Gasteiger partial charge on any atom is 0.252 e. The van der Waals surface area contributed by atoms with Gasteiger partial charge in [-0.1, -0.05) is 18.2 Å². The number of piperidine rings is 1. The molecular weight excluding hydrogens is 288 g/mol. The average Bonchev–Trinajstić information content (AvgIpc) is 2.78. The van der Waals surface area contributed by atoms with Gasteiger partial charge in [0, 0.05) is 23.7 Å². The number of nitrogens with one attached hydrogen (secondary N) is 2. The number of fused-ring (bicyclic) bond motifs is 2. The van der Waals surface area contributed by atoms with Crippen LogP contribution in [0.5, 0.6) is 0 Å². The molecule has 2 bridgehead atoms. The molecule has 3 rings (SSSR count). The lowest BCUT2D eigenvalue weighted by atomic mass is 9.98. The van der Waals surface area contributed by atoms with Gasteiger partial charge in [0.25, 0.3) is 5.91 Å². The van der Waals surface area contributed by atoms with Crippen LogP contribution in [0.25, 0.3) is 0 Å². The van der Waals surface area contributed by atoms with Gasteiger partial charge in [-0.25, -0.2) is 0 Å². The van der Waals surface area contributed by atoms with E-state index in [4.69, 9.17) is 0 Å². The predicted molar refractivity (Wildman–Crippen MR) is 84.1 cm³/mol. The molecule has 2 atom stereocenters. The van der Waals surface area contributed by atoms with E-state index in [1.807, 2.05) is 0 Å². The highest BCUT2D eigenvalue weighted by molar-refractivity contribution is 6.07. The van der Waals surface area contributed by atoms with Crippen molar-refractivity contribution in [3.8, 4) is 0 Å². The summed E-state index contributed by atoms with van der Waals surface area (Å²) in [6, 6.07) is 8.34. The SMILES string of the molecule is CC(=O)c1ccccc1C(=O)NC1CC2CCC(C1)N2.Cl. The Morgan fingerprint density at radius 3 is 2.24 bits per heavy atom. The van der Waals surface area contributed by atoms with Gasteiger partial charge in [0.15, 0.2) is 5.78 Å². The summed E-state index contributed by atoms with van der Waals surface area (Å²) in [5, 5.41) is 6.66. The van der Waals surface area contributed by atoms with Gasteiger partial charge >= 0.3 is 0 Å². The van der Waals surface area contributed by atoms with Crippen LogP contribution < -0.4 is 10.6 Å². The van der Waals surface area contributed by atoms with Gasteiger partial charge in [-0.3, -0.25) is 9.59 Å². The fourth-order valence-electron chi connectivity index (χ4n) is 3.43. The Kier molecular flexibility index (Phi) is 5.01. The number of carbonyl (C=O) groups is 2. The molecule has 1 aromatic carbocycles. The first kappa shape index (κ1) is 16.0. The first-order chi connectivity index (χ1) is 9.63. The number of rotatable bonds is 3. The van der Waals surface area contributed by atoms with Crippen LogP contribution in [0.1, 0.15) is 53.3 Å². The standard InChI is InChI=1S/C16H20N2O2.ClH/c1-10(19)14-4-2-3-5-15(14)16(20)18-13-8-11-6-7-12(9-13)17-11;/h2-5,11-13,17H,6-9H2,1H3,(H,18,20);1H. The first-order valence-corrected chi connectivity index (χ1v) is 7.30. The summed E-state index contributed by atoms with van der Waals surface area (Å²) in [6.07, 6.45) is 4.40. The van der Waals surface area contributed by atoms with Crippen LogP contribution >= 0.6 is 12.4 Å². The summed E-state index contributed by atoms with van der Waals surface area (Å²) in [5.74, 6) is -0.191. The van der Waals surface area contributed by atoms with Crippen LogP contribution in [-0.4, -0.2) is 29.8 Å². The lowest BCUT2D eigenvalue weighted by Crippen LogP contribution is -2.48. The van der Waals surface area contributed by atoms with E-state index in [-0.39, 0.29) is 30.1 Å². The van der Waals surface area contributed by atoms with E-state index in [0.29, 0.717) is 23.2 Å². The zero-order valence-corrected chi connectivity index (χ0v) is 12.9.